The van der Waals surface area contributed by atoms with E-state index in [-0.39, 0.29) is 18.6 Å². The second kappa shape index (κ2) is 9.75. The Bertz CT molecular complexity index is 354. The van der Waals surface area contributed by atoms with Gasteiger partial charge in [0.25, 0.3) is 0 Å². The molecule has 144 valence electrons. The maximum atomic E-state index is 10.5. The van der Waals surface area contributed by atoms with E-state index in [1.807, 2.05) is 6.92 Å². The first kappa shape index (κ1) is 22.2. The SMILES string of the molecule is CC1CCC(C(C)C)C(OC(C(C)O)N2C(C)CCCC2C)C1.Cl. The van der Waals surface area contributed by atoms with Gasteiger partial charge in [-0.05, 0) is 64.2 Å². The molecule has 1 saturated carbocycles. The molecule has 1 N–H and O–H groups in total. The number of ether oxygens (including phenoxy) is 1. The third-order valence-electron chi connectivity index (χ3n) is 6.24. The van der Waals surface area contributed by atoms with Crippen molar-refractivity contribution in [3.8, 4) is 0 Å². The first-order valence-electron chi connectivity index (χ1n) is 9.92. The molecule has 0 aromatic carbocycles. The summed E-state index contributed by atoms with van der Waals surface area (Å²) in [7, 11) is 0. The van der Waals surface area contributed by atoms with Crippen molar-refractivity contribution in [3.05, 3.63) is 0 Å². The van der Waals surface area contributed by atoms with Crippen LogP contribution in [0.25, 0.3) is 0 Å². The Morgan fingerprint density at radius 1 is 0.958 bits per heavy atom. The highest BCUT2D eigenvalue weighted by Crippen LogP contribution is 2.37. The van der Waals surface area contributed by atoms with Crippen molar-refractivity contribution in [1.29, 1.82) is 0 Å². The number of hydrogen-bond acceptors (Lipinski definition) is 3. The minimum Gasteiger partial charge on any atom is -0.389 e. The van der Waals surface area contributed by atoms with E-state index in [0.29, 0.717) is 30.0 Å². The number of aliphatic hydroxyl groups excluding tert-OH is 1. The van der Waals surface area contributed by atoms with E-state index in [4.69, 9.17) is 4.74 Å². The van der Waals surface area contributed by atoms with Gasteiger partial charge in [0.15, 0.2) is 0 Å². The van der Waals surface area contributed by atoms with E-state index in [0.717, 1.165) is 12.3 Å². The van der Waals surface area contributed by atoms with E-state index in [2.05, 4.69) is 39.5 Å². The number of rotatable bonds is 5. The average Bonchev–Trinajstić information content (AvgIpc) is 2.45. The number of halogens is 1. The lowest BCUT2D eigenvalue weighted by Gasteiger charge is -2.48. The summed E-state index contributed by atoms with van der Waals surface area (Å²) in [5, 5.41) is 10.5. The molecule has 7 unspecified atom stereocenters. The Labute approximate surface area is 155 Å². The monoisotopic (exact) mass is 361 g/mol. The Morgan fingerprint density at radius 2 is 1.54 bits per heavy atom. The second-order valence-corrected chi connectivity index (χ2v) is 8.71. The van der Waals surface area contributed by atoms with Crippen LogP contribution in [0.15, 0.2) is 0 Å². The van der Waals surface area contributed by atoms with Gasteiger partial charge in [0.2, 0.25) is 0 Å². The fourth-order valence-corrected chi connectivity index (χ4v) is 4.83. The summed E-state index contributed by atoms with van der Waals surface area (Å²) in [6.07, 6.45) is 7.14. The molecule has 3 nitrogen and oxygen atoms in total. The summed E-state index contributed by atoms with van der Waals surface area (Å²) in [4.78, 5) is 2.45. The molecule has 1 aliphatic heterocycles. The quantitative estimate of drug-likeness (QED) is 0.759. The van der Waals surface area contributed by atoms with Crippen molar-refractivity contribution >= 4 is 12.4 Å². The van der Waals surface area contributed by atoms with E-state index >= 15 is 0 Å². The zero-order chi connectivity index (χ0) is 17.1. The van der Waals surface area contributed by atoms with Crippen molar-refractivity contribution < 1.29 is 9.84 Å². The lowest BCUT2D eigenvalue weighted by Crippen LogP contribution is -2.56. The van der Waals surface area contributed by atoms with Crippen molar-refractivity contribution in [1.82, 2.24) is 4.90 Å². The van der Waals surface area contributed by atoms with Crippen LogP contribution in [0.4, 0.5) is 0 Å². The molecular formula is C20H40ClNO2. The predicted molar refractivity (Wildman–Crippen MR) is 104 cm³/mol. The largest absolute Gasteiger partial charge is 0.389 e. The molecule has 0 aromatic rings. The van der Waals surface area contributed by atoms with Crippen molar-refractivity contribution in [2.24, 2.45) is 17.8 Å². The van der Waals surface area contributed by atoms with Gasteiger partial charge in [-0.1, -0.05) is 33.6 Å². The first-order chi connectivity index (χ1) is 10.8. The summed E-state index contributed by atoms with van der Waals surface area (Å²) in [6, 6.07) is 0.994. The van der Waals surface area contributed by atoms with Crippen LogP contribution in [0.5, 0.6) is 0 Å². The number of piperidine rings is 1. The van der Waals surface area contributed by atoms with Crippen LogP contribution in [0.1, 0.15) is 80.1 Å². The molecule has 1 saturated heterocycles. The molecule has 0 spiro atoms. The molecule has 0 amide bonds. The molecule has 7 atom stereocenters. The Hall–Kier alpha value is 0.170. The van der Waals surface area contributed by atoms with Crippen LogP contribution in [0.2, 0.25) is 0 Å². The van der Waals surface area contributed by atoms with Gasteiger partial charge >= 0.3 is 0 Å². The Morgan fingerprint density at radius 3 is 2.04 bits per heavy atom. The highest BCUT2D eigenvalue weighted by Gasteiger charge is 2.39. The Balaban J connectivity index is 0.00000288. The number of likely N-dealkylation sites (tertiary alicyclic amines) is 1. The molecule has 0 aromatic heterocycles. The summed E-state index contributed by atoms with van der Waals surface area (Å²) in [6.45, 7) is 13.5. The van der Waals surface area contributed by atoms with Crippen LogP contribution >= 0.6 is 12.4 Å². The van der Waals surface area contributed by atoms with Gasteiger partial charge in [0.05, 0.1) is 12.2 Å². The molecule has 24 heavy (non-hydrogen) atoms. The lowest BCUT2D eigenvalue weighted by atomic mass is 9.75. The minimum atomic E-state index is -0.442. The smallest absolute Gasteiger partial charge is 0.137 e. The molecule has 0 radical (unpaired) electrons. The molecule has 2 aliphatic rings. The fourth-order valence-electron chi connectivity index (χ4n) is 4.83. The van der Waals surface area contributed by atoms with Crippen LogP contribution in [0, 0.1) is 17.8 Å². The normalized spacial score (nSPS) is 37.8. The van der Waals surface area contributed by atoms with Gasteiger partial charge in [-0.15, -0.1) is 12.4 Å². The fraction of sp³-hybridized carbons (Fsp3) is 1.00. The third-order valence-corrected chi connectivity index (χ3v) is 6.24. The van der Waals surface area contributed by atoms with Crippen LogP contribution in [-0.2, 0) is 4.74 Å². The van der Waals surface area contributed by atoms with Crippen LogP contribution in [-0.4, -0.2) is 40.5 Å². The predicted octanol–water partition coefficient (Wildman–Crippen LogP) is 4.86. The molecule has 2 fully saturated rings. The summed E-state index contributed by atoms with van der Waals surface area (Å²) in [5.74, 6) is 2.02. The second-order valence-electron chi connectivity index (χ2n) is 8.71. The van der Waals surface area contributed by atoms with Crippen molar-refractivity contribution in [3.63, 3.8) is 0 Å². The maximum Gasteiger partial charge on any atom is 0.137 e. The van der Waals surface area contributed by atoms with E-state index in [9.17, 15) is 5.11 Å². The zero-order valence-corrected chi connectivity index (χ0v) is 17.4. The van der Waals surface area contributed by atoms with Gasteiger partial charge in [-0.3, -0.25) is 4.90 Å². The molecule has 2 rings (SSSR count). The molecule has 4 heteroatoms. The van der Waals surface area contributed by atoms with Gasteiger partial charge in [0, 0.05) is 12.1 Å². The van der Waals surface area contributed by atoms with Gasteiger partial charge in [-0.25, -0.2) is 0 Å². The minimum absolute atomic E-state index is 0. The van der Waals surface area contributed by atoms with E-state index in [1.54, 1.807) is 0 Å². The highest BCUT2D eigenvalue weighted by atomic mass is 35.5. The molecular weight excluding hydrogens is 322 g/mol. The zero-order valence-electron chi connectivity index (χ0n) is 16.6. The standard InChI is InChI=1S/C20H39NO2.ClH/c1-13(2)18-11-10-14(3)12-19(18)23-20(17(6)22)21-15(4)8-7-9-16(21)5;/h13-20,22H,7-12H2,1-6H3;1H. The highest BCUT2D eigenvalue weighted by molar-refractivity contribution is 5.85. The van der Waals surface area contributed by atoms with E-state index < -0.39 is 6.10 Å². The number of nitrogens with zero attached hydrogens (tertiary/aromatic N) is 1. The average molecular weight is 362 g/mol. The number of aliphatic hydroxyl groups is 1. The first-order valence-corrected chi connectivity index (χ1v) is 9.92. The summed E-state index contributed by atoms with van der Waals surface area (Å²) < 4.78 is 6.65. The van der Waals surface area contributed by atoms with Gasteiger partial charge in [-0.2, -0.15) is 0 Å². The maximum absolute atomic E-state index is 10.5. The molecule has 1 heterocycles. The van der Waals surface area contributed by atoms with Crippen molar-refractivity contribution in [2.45, 2.75) is 111 Å². The van der Waals surface area contributed by atoms with Crippen LogP contribution < -0.4 is 0 Å². The van der Waals surface area contributed by atoms with Gasteiger partial charge < -0.3 is 9.84 Å². The lowest BCUT2D eigenvalue weighted by molar-refractivity contribution is -0.199. The summed E-state index contributed by atoms with van der Waals surface area (Å²) >= 11 is 0. The summed E-state index contributed by atoms with van der Waals surface area (Å²) in [5.41, 5.74) is 0. The van der Waals surface area contributed by atoms with Crippen molar-refractivity contribution in [2.75, 3.05) is 0 Å². The van der Waals surface area contributed by atoms with E-state index in [1.165, 1.54) is 32.1 Å². The topological polar surface area (TPSA) is 32.7 Å². The van der Waals surface area contributed by atoms with Gasteiger partial charge in [0.1, 0.15) is 6.23 Å². The Kier molecular flexibility index (Phi) is 9.03. The number of hydrogen-bond donors (Lipinski definition) is 1. The molecule has 0 bridgehead atoms. The van der Waals surface area contributed by atoms with Crippen LogP contribution in [0.3, 0.4) is 0 Å². The molecule has 1 aliphatic carbocycles. The third kappa shape index (κ3) is 5.33.